The molecule has 2 heteroatoms. The van der Waals surface area contributed by atoms with Crippen LogP contribution in [0, 0.1) is 6.92 Å². The van der Waals surface area contributed by atoms with Gasteiger partial charge < -0.3 is 0 Å². The average molecular weight is 499 g/mol. The third-order valence-electron chi connectivity index (χ3n) is 7.55. The van der Waals surface area contributed by atoms with E-state index in [0.29, 0.717) is 0 Å². The lowest BCUT2D eigenvalue weighted by molar-refractivity contribution is 1.27. The Hall–Kier alpha value is -5.08. The molecule has 0 aliphatic carbocycles. The Bertz CT molecular complexity index is 1900. The molecule has 39 heavy (non-hydrogen) atoms. The van der Waals surface area contributed by atoms with Crippen LogP contribution in [0.25, 0.3) is 66.2 Å². The molecule has 7 aromatic rings. The highest BCUT2D eigenvalue weighted by atomic mass is 14.7. The van der Waals surface area contributed by atoms with Crippen molar-refractivity contribution in [2.45, 2.75) is 6.92 Å². The molecule has 0 atom stereocenters. The first-order chi connectivity index (χ1) is 19.3. The van der Waals surface area contributed by atoms with Gasteiger partial charge in [-0.25, -0.2) is 0 Å². The lowest BCUT2D eigenvalue weighted by Crippen LogP contribution is -1.92. The predicted molar refractivity (Wildman–Crippen MR) is 164 cm³/mol. The zero-order valence-corrected chi connectivity index (χ0v) is 21.7. The molecule has 0 amide bonds. The standard InChI is InChI=1S/C37H26N2/c1-25-24-38-22-20-30(25)26-16-18-27(19-17-26)36-31-11-2-4-13-33(31)37(34-14-5-3-12-32(34)36)29-10-8-9-28(23-29)35-15-6-7-21-39-35/h2-24H,1H3. The van der Waals surface area contributed by atoms with Crippen LogP contribution >= 0.6 is 0 Å². The molecule has 184 valence electrons. The van der Waals surface area contributed by atoms with Crippen LogP contribution in [0.15, 0.2) is 140 Å². The largest absolute Gasteiger partial charge is 0.264 e. The SMILES string of the molecule is Cc1cnccc1-c1ccc(-c2c3ccccc3c(-c3cccc(-c4ccccn4)c3)c3ccccc23)cc1. The average Bonchev–Trinajstić information content (AvgIpc) is 3.01. The van der Waals surface area contributed by atoms with E-state index in [2.05, 4.69) is 126 Å². The van der Waals surface area contributed by atoms with Crippen LogP contribution in [0.2, 0.25) is 0 Å². The Morgan fingerprint density at radius 2 is 1.05 bits per heavy atom. The molecule has 0 fully saturated rings. The predicted octanol–water partition coefficient (Wildman–Crippen LogP) is 9.76. The molecule has 0 bridgehead atoms. The zero-order chi connectivity index (χ0) is 26.2. The molecule has 0 saturated heterocycles. The first kappa shape index (κ1) is 23.1. The summed E-state index contributed by atoms with van der Waals surface area (Å²) in [5.74, 6) is 0. The van der Waals surface area contributed by atoms with E-state index in [9.17, 15) is 0 Å². The number of fused-ring (bicyclic) bond motifs is 2. The molecule has 2 nitrogen and oxygen atoms in total. The van der Waals surface area contributed by atoms with E-state index >= 15 is 0 Å². The van der Waals surface area contributed by atoms with Crippen LogP contribution in [0.4, 0.5) is 0 Å². The van der Waals surface area contributed by atoms with Crippen LogP contribution in [0.3, 0.4) is 0 Å². The number of benzene rings is 5. The summed E-state index contributed by atoms with van der Waals surface area (Å²) in [4.78, 5) is 8.85. The van der Waals surface area contributed by atoms with Gasteiger partial charge in [0.05, 0.1) is 5.69 Å². The fourth-order valence-corrected chi connectivity index (χ4v) is 5.73. The highest BCUT2D eigenvalue weighted by Gasteiger charge is 2.17. The maximum atomic E-state index is 4.59. The van der Waals surface area contributed by atoms with Crippen molar-refractivity contribution in [2.75, 3.05) is 0 Å². The fraction of sp³-hybridized carbons (Fsp3) is 0.0270. The van der Waals surface area contributed by atoms with E-state index in [0.717, 1.165) is 11.3 Å². The van der Waals surface area contributed by atoms with Crippen molar-refractivity contribution in [1.29, 1.82) is 0 Å². The number of pyridine rings is 2. The van der Waals surface area contributed by atoms with Crippen LogP contribution in [-0.4, -0.2) is 9.97 Å². The number of rotatable bonds is 4. The van der Waals surface area contributed by atoms with E-state index in [4.69, 9.17) is 0 Å². The summed E-state index contributed by atoms with van der Waals surface area (Å²) in [5, 5.41) is 5.00. The van der Waals surface area contributed by atoms with Crippen molar-refractivity contribution in [3.05, 3.63) is 145 Å². The van der Waals surface area contributed by atoms with Gasteiger partial charge in [0, 0.05) is 24.2 Å². The van der Waals surface area contributed by atoms with Gasteiger partial charge in [0.25, 0.3) is 0 Å². The normalized spacial score (nSPS) is 11.2. The Kier molecular flexibility index (Phi) is 5.71. The van der Waals surface area contributed by atoms with E-state index in [1.807, 2.05) is 30.7 Å². The van der Waals surface area contributed by atoms with E-state index in [-0.39, 0.29) is 0 Å². The molecule has 2 heterocycles. The van der Waals surface area contributed by atoms with Crippen LogP contribution in [-0.2, 0) is 0 Å². The zero-order valence-electron chi connectivity index (χ0n) is 21.7. The van der Waals surface area contributed by atoms with Crippen molar-refractivity contribution in [3.63, 3.8) is 0 Å². The summed E-state index contributed by atoms with van der Waals surface area (Å²) < 4.78 is 0. The van der Waals surface area contributed by atoms with Gasteiger partial charge in [0.1, 0.15) is 0 Å². The molecule has 2 aromatic heterocycles. The number of hydrogen-bond acceptors (Lipinski definition) is 2. The van der Waals surface area contributed by atoms with Crippen molar-refractivity contribution in [3.8, 4) is 44.6 Å². The molecule has 0 saturated carbocycles. The van der Waals surface area contributed by atoms with Crippen molar-refractivity contribution >= 4 is 21.5 Å². The minimum Gasteiger partial charge on any atom is -0.264 e. The highest BCUT2D eigenvalue weighted by molar-refractivity contribution is 6.21. The van der Waals surface area contributed by atoms with E-state index in [1.54, 1.807) is 0 Å². The topological polar surface area (TPSA) is 25.8 Å². The maximum absolute atomic E-state index is 4.59. The number of hydrogen-bond donors (Lipinski definition) is 0. The molecule has 0 aliphatic rings. The smallest absolute Gasteiger partial charge is 0.0702 e. The molecule has 0 aliphatic heterocycles. The molecule has 5 aromatic carbocycles. The summed E-state index contributed by atoms with van der Waals surface area (Å²) in [5.41, 5.74) is 10.6. The minimum atomic E-state index is 0.981. The summed E-state index contributed by atoms with van der Waals surface area (Å²) in [6.45, 7) is 2.11. The first-order valence-corrected chi connectivity index (χ1v) is 13.2. The lowest BCUT2D eigenvalue weighted by Gasteiger charge is -2.18. The van der Waals surface area contributed by atoms with Crippen LogP contribution in [0.1, 0.15) is 5.56 Å². The van der Waals surface area contributed by atoms with Gasteiger partial charge in [0.2, 0.25) is 0 Å². The Morgan fingerprint density at radius 1 is 0.462 bits per heavy atom. The van der Waals surface area contributed by atoms with Gasteiger partial charge in [-0.05, 0) is 91.7 Å². The Balaban J connectivity index is 1.46. The Morgan fingerprint density at radius 3 is 1.67 bits per heavy atom. The second kappa shape index (κ2) is 9.66. The highest BCUT2D eigenvalue weighted by Crippen LogP contribution is 2.44. The minimum absolute atomic E-state index is 0.981. The first-order valence-electron chi connectivity index (χ1n) is 13.2. The number of nitrogens with zero attached hydrogens (tertiary/aromatic N) is 2. The van der Waals surface area contributed by atoms with Crippen LogP contribution < -0.4 is 0 Å². The third-order valence-corrected chi connectivity index (χ3v) is 7.55. The molecule has 0 radical (unpaired) electrons. The van der Waals surface area contributed by atoms with Crippen LogP contribution in [0.5, 0.6) is 0 Å². The van der Waals surface area contributed by atoms with Crippen molar-refractivity contribution in [1.82, 2.24) is 9.97 Å². The van der Waals surface area contributed by atoms with Gasteiger partial charge >= 0.3 is 0 Å². The second-order valence-electron chi connectivity index (χ2n) is 9.90. The molecular weight excluding hydrogens is 472 g/mol. The molecule has 0 spiro atoms. The Labute approximate surface area is 228 Å². The van der Waals surface area contributed by atoms with Gasteiger partial charge in [-0.15, -0.1) is 0 Å². The van der Waals surface area contributed by atoms with E-state index in [1.165, 1.54) is 60.5 Å². The monoisotopic (exact) mass is 498 g/mol. The number of aromatic nitrogens is 2. The quantitative estimate of drug-likeness (QED) is 0.226. The third kappa shape index (κ3) is 4.07. The van der Waals surface area contributed by atoms with Crippen molar-refractivity contribution in [2.24, 2.45) is 0 Å². The molecule has 0 N–H and O–H groups in total. The molecule has 7 rings (SSSR count). The molecule has 0 unspecified atom stereocenters. The summed E-state index contributed by atoms with van der Waals surface area (Å²) in [6.07, 6.45) is 5.63. The van der Waals surface area contributed by atoms with E-state index < -0.39 is 0 Å². The summed E-state index contributed by atoms with van der Waals surface area (Å²) in [7, 11) is 0. The summed E-state index contributed by atoms with van der Waals surface area (Å²) in [6, 6.07) is 43.4. The van der Waals surface area contributed by atoms with Gasteiger partial charge in [0.15, 0.2) is 0 Å². The lowest BCUT2D eigenvalue weighted by atomic mass is 9.85. The maximum Gasteiger partial charge on any atom is 0.0702 e. The second-order valence-corrected chi connectivity index (χ2v) is 9.90. The van der Waals surface area contributed by atoms with Gasteiger partial charge in [-0.3, -0.25) is 9.97 Å². The summed E-state index contributed by atoms with van der Waals surface area (Å²) >= 11 is 0. The molecular formula is C37H26N2. The number of aryl methyl sites for hydroxylation is 1. The fourth-order valence-electron chi connectivity index (χ4n) is 5.73. The van der Waals surface area contributed by atoms with Gasteiger partial charge in [-0.2, -0.15) is 0 Å². The van der Waals surface area contributed by atoms with Gasteiger partial charge in [-0.1, -0.05) is 97.1 Å². The van der Waals surface area contributed by atoms with Crippen molar-refractivity contribution < 1.29 is 0 Å².